The van der Waals surface area contributed by atoms with Gasteiger partial charge in [-0.3, -0.25) is 14.2 Å². The van der Waals surface area contributed by atoms with Crippen molar-refractivity contribution >= 4 is 19.8 Å². The number of quaternary nitrogens is 1. The molecule has 88 heavy (non-hydrogen) atoms. The van der Waals surface area contributed by atoms with E-state index in [4.69, 9.17) is 18.5 Å². The van der Waals surface area contributed by atoms with Crippen LogP contribution in [0.2, 0.25) is 0 Å². The van der Waals surface area contributed by atoms with Gasteiger partial charge in [0.25, 0.3) is 7.82 Å². The average Bonchev–Trinajstić information content (AvgIpc) is 3.56. The van der Waals surface area contributed by atoms with Crippen molar-refractivity contribution in [3.63, 3.8) is 0 Å². The molecule has 0 aliphatic carbocycles. The zero-order valence-electron chi connectivity index (χ0n) is 57.1. The Morgan fingerprint density at radius 3 is 0.909 bits per heavy atom. The predicted molar refractivity (Wildman–Crippen MR) is 378 cm³/mol. The lowest BCUT2D eigenvalue weighted by molar-refractivity contribution is -0.870. The number of unbranched alkanes of at least 4 members (excludes halogenated alkanes) is 26. The molecule has 0 bridgehead atoms. The molecular weight excluding hydrogens is 1110 g/mol. The van der Waals surface area contributed by atoms with Gasteiger partial charge >= 0.3 is 11.9 Å². The number of ether oxygens (including phenoxy) is 2. The number of phosphoric ester groups is 1. The van der Waals surface area contributed by atoms with E-state index in [9.17, 15) is 19.0 Å². The predicted octanol–water partition coefficient (Wildman–Crippen LogP) is 22.7. The highest BCUT2D eigenvalue weighted by molar-refractivity contribution is 7.45. The lowest BCUT2D eigenvalue weighted by Crippen LogP contribution is -2.37. The van der Waals surface area contributed by atoms with Crippen LogP contribution in [0, 0.1) is 0 Å². The summed E-state index contributed by atoms with van der Waals surface area (Å²) in [5.41, 5.74) is 0. The molecule has 0 spiro atoms. The van der Waals surface area contributed by atoms with Gasteiger partial charge in [-0.2, -0.15) is 0 Å². The molecule has 9 nitrogen and oxygen atoms in total. The van der Waals surface area contributed by atoms with Crippen LogP contribution < -0.4 is 4.89 Å². The van der Waals surface area contributed by atoms with Gasteiger partial charge in [-0.15, -0.1) is 0 Å². The third-order valence-corrected chi connectivity index (χ3v) is 15.8. The number of hydrogen-bond donors (Lipinski definition) is 0. The second-order valence-corrected chi connectivity index (χ2v) is 25.9. The molecule has 10 heteroatoms. The Morgan fingerprint density at radius 1 is 0.352 bits per heavy atom. The van der Waals surface area contributed by atoms with Gasteiger partial charge in [0, 0.05) is 12.8 Å². The van der Waals surface area contributed by atoms with Crippen molar-refractivity contribution in [1.82, 2.24) is 0 Å². The number of rotatable bonds is 64. The van der Waals surface area contributed by atoms with Gasteiger partial charge in [0.1, 0.15) is 19.8 Å². The van der Waals surface area contributed by atoms with Crippen LogP contribution in [0.5, 0.6) is 0 Å². The summed E-state index contributed by atoms with van der Waals surface area (Å²) in [6, 6.07) is 0. The standard InChI is InChI=1S/C78H132NO8P/c1-6-8-10-12-14-16-18-20-22-24-26-28-30-32-34-36-38-39-41-43-45-47-49-51-53-55-57-59-61-63-65-67-69-71-78(81)87-76(75-86-88(82,83)85-73-72-79(3,4)5)74-84-77(80)70-68-66-64-62-60-58-56-54-52-50-48-46-44-42-40-37-35-33-31-29-27-25-23-21-19-17-15-13-11-9-7-2/h8-11,14-17,20-23,26-29,32,34,38-39,43,45,49,51,76H,6-7,12-13,18-19,24-25,30-31,33,35-37,40-42,44,46-48,50,52-75H2,1-5H3/b10-8-,11-9-,16-14-,17-15-,22-20-,23-21-,28-26-,29-27-,34-32-,39-38-,45-43-,51-49-. The van der Waals surface area contributed by atoms with Gasteiger partial charge < -0.3 is 27.9 Å². The highest BCUT2D eigenvalue weighted by atomic mass is 31.2. The Bertz CT molecular complexity index is 2000. The van der Waals surface area contributed by atoms with Gasteiger partial charge in [0.2, 0.25) is 0 Å². The number of nitrogens with zero attached hydrogens (tertiary/aromatic N) is 1. The smallest absolute Gasteiger partial charge is 0.306 e. The average molecular weight is 1240 g/mol. The SMILES string of the molecule is CC/C=C\C/C=C\C/C=C\C/C=C\C/C=C\C/C=C\C/C=C\C/C=C\CCCCCCCCCCC(=O)OC(COC(=O)CCCCCCCCCCCCCCCCCCCC/C=C\C/C=C\C/C=C\C/C=C\CC)COP(=O)([O-])OCC[N+](C)(C)C. The van der Waals surface area contributed by atoms with Gasteiger partial charge in [-0.05, 0) is 116 Å². The maximum absolute atomic E-state index is 12.9. The summed E-state index contributed by atoms with van der Waals surface area (Å²) in [7, 11) is 1.15. The molecule has 0 N–H and O–H groups in total. The first-order valence-electron chi connectivity index (χ1n) is 35.5. The van der Waals surface area contributed by atoms with Crippen LogP contribution in [0.1, 0.15) is 284 Å². The Labute approximate surface area is 542 Å². The van der Waals surface area contributed by atoms with E-state index in [1.165, 1.54) is 128 Å². The summed E-state index contributed by atoms with van der Waals surface area (Å²) in [6.07, 6.45) is 99.2. The number of esters is 2. The molecule has 0 heterocycles. The topological polar surface area (TPSA) is 111 Å². The highest BCUT2D eigenvalue weighted by Crippen LogP contribution is 2.38. The van der Waals surface area contributed by atoms with Gasteiger partial charge in [-0.25, -0.2) is 0 Å². The molecule has 0 aliphatic rings. The number of hydrogen-bond acceptors (Lipinski definition) is 8. The van der Waals surface area contributed by atoms with Gasteiger partial charge in [-0.1, -0.05) is 301 Å². The number of phosphoric acid groups is 1. The minimum atomic E-state index is -4.65. The molecule has 0 aliphatic heterocycles. The first-order valence-corrected chi connectivity index (χ1v) is 37.0. The van der Waals surface area contributed by atoms with Crippen LogP contribution in [0.25, 0.3) is 0 Å². The van der Waals surface area contributed by atoms with Crippen molar-refractivity contribution in [3.8, 4) is 0 Å². The largest absolute Gasteiger partial charge is 0.756 e. The molecule has 0 aromatic heterocycles. The Hall–Kier alpha value is -4.11. The molecule has 0 fully saturated rings. The summed E-state index contributed by atoms with van der Waals surface area (Å²) in [4.78, 5) is 38.1. The van der Waals surface area contributed by atoms with E-state index in [0.717, 1.165) is 122 Å². The van der Waals surface area contributed by atoms with Crippen LogP contribution in [0.4, 0.5) is 0 Å². The van der Waals surface area contributed by atoms with Crippen LogP contribution in [0.3, 0.4) is 0 Å². The lowest BCUT2D eigenvalue weighted by atomic mass is 10.0. The van der Waals surface area contributed by atoms with Crippen molar-refractivity contribution in [1.29, 1.82) is 0 Å². The molecule has 502 valence electrons. The van der Waals surface area contributed by atoms with E-state index < -0.39 is 26.5 Å². The molecule has 0 rings (SSSR count). The fourth-order valence-electron chi connectivity index (χ4n) is 9.49. The summed E-state index contributed by atoms with van der Waals surface area (Å²) in [5, 5.41) is 0. The number of likely N-dealkylation sites (N-methyl/N-ethyl adjacent to an activating group) is 1. The molecule has 0 aromatic rings. The zero-order valence-corrected chi connectivity index (χ0v) is 58.0. The van der Waals surface area contributed by atoms with E-state index in [1.54, 1.807) is 0 Å². The van der Waals surface area contributed by atoms with Crippen molar-refractivity contribution in [2.75, 3.05) is 47.5 Å². The van der Waals surface area contributed by atoms with E-state index in [2.05, 4.69) is 160 Å². The molecule has 2 atom stereocenters. The fourth-order valence-corrected chi connectivity index (χ4v) is 10.2. The van der Waals surface area contributed by atoms with Crippen molar-refractivity contribution in [3.05, 3.63) is 146 Å². The molecule has 0 saturated heterocycles. The third-order valence-electron chi connectivity index (χ3n) is 14.9. The first-order chi connectivity index (χ1) is 43.0. The third kappa shape index (κ3) is 71.0. The summed E-state index contributed by atoms with van der Waals surface area (Å²) in [6.45, 7) is 4.01. The fraction of sp³-hybridized carbons (Fsp3) is 0.667. The highest BCUT2D eigenvalue weighted by Gasteiger charge is 2.22. The Morgan fingerprint density at radius 2 is 0.614 bits per heavy atom. The van der Waals surface area contributed by atoms with Crippen LogP contribution in [-0.2, 0) is 32.7 Å². The summed E-state index contributed by atoms with van der Waals surface area (Å²) in [5.74, 6) is -0.843. The van der Waals surface area contributed by atoms with Crippen molar-refractivity contribution in [2.45, 2.75) is 290 Å². The van der Waals surface area contributed by atoms with Crippen molar-refractivity contribution < 1.29 is 42.1 Å². The molecule has 2 unspecified atom stereocenters. The van der Waals surface area contributed by atoms with E-state index in [-0.39, 0.29) is 32.0 Å². The molecule has 0 amide bonds. The van der Waals surface area contributed by atoms with E-state index in [0.29, 0.717) is 17.4 Å². The van der Waals surface area contributed by atoms with Gasteiger partial charge in [0.05, 0.1) is 27.7 Å². The quantitative estimate of drug-likeness (QED) is 0.0195. The minimum absolute atomic E-state index is 0.0386. The summed E-state index contributed by atoms with van der Waals surface area (Å²) < 4.78 is 34.3. The molecular formula is C78H132NO8P. The van der Waals surface area contributed by atoms with Crippen molar-refractivity contribution in [2.24, 2.45) is 0 Å². The normalized spacial score (nSPS) is 14.0. The maximum atomic E-state index is 12.9. The number of allylic oxidation sites excluding steroid dienone is 24. The Balaban J connectivity index is 4.09. The number of carbonyl (C=O) groups excluding carboxylic acids is 2. The molecule has 0 radical (unpaired) electrons. The monoisotopic (exact) mass is 1240 g/mol. The van der Waals surface area contributed by atoms with Crippen LogP contribution in [-0.4, -0.2) is 70.0 Å². The lowest BCUT2D eigenvalue weighted by Gasteiger charge is -2.28. The first kappa shape index (κ1) is 83.9. The summed E-state index contributed by atoms with van der Waals surface area (Å²) >= 11 is 0. The van der Waals surface area contributed by atoms with E-state index in [1.807, 2.05) is 21.1 Å². The van der Waals surface area contributed by atoms with E-state index >= 15 is 0 Å². The molecule has 0 saturated carbocycles. The molecule has 0 aromatic carbocycles. The zero-order chi connectivity index (χ0) is 64.1. The minimum Gasteiger partial charge on any atom is -0.756 e. The van der Waals surface area contributed by atoms with Crippen LogP contribution >= 0.6 is 7.82 Å². The Kier molecular flexibility index (Phi) is 64.1. The maximum Gasteiger partial charge on any atom is 0.306 e. The number of carbonyl (C=O) groups is 2. The second-order valence-electron chi connectivity index (χ2n) is 24.5. The van der Waals surface area contributed by atoms with Gasteiger partial charge in [0.15, 0.2) is 6.10 Å². The van der Waals surface area contributed by atoms with Crippen LogP contribution in [0.15, 0.2) is 146 Å². The second kappa shape index (κ2) is 67.3.